The van der Waals surface area contributed by atoms with Gasteiger partial charge in [-0.3, -0.25) is 4.99 Å². The number of aryl methyl sites for hydroxylation is 1. The van der Waals surface area contributed by atoms with Crippen LogP contribution in [0.15, 0.2) is 11.2 Å². The summed E-state index contributed by atoms with van der Waals surface area (Å²) in [6, 6.07) is 0. The number of nitrogens with zero attached hydrogens (tertiary/aromatic N) is 3. The summed E-state index contributed by atoms with van der Waals surface area (Å²) in [5.74, 6) is 0.902. The lowest BCUT2D eigenvalue weighted by atomic mass is 10.4. The van der Waals surface area contributed by atoms with Crippen molar-refractivity contribution in [3.8, 4) is 0 Å². The summed E-state index contributed by atoms with van der Waals surface area (Å²) < 4.78 is 0. The molecule has 0 saturated heterocycles. The van der Waals surface area contributed by atoms with Crippen molar-refractivity contribution in [2.45, 2.75) is 26.7 Å². The van der Waals surface area contributed by atoms with Crippen molar-refractivity contribution in [1.82, 2.24) is 20.5 Å². The standard InChI is InChI=1S/C14H27N5S.HI/c1-5-15-14(16-8-6-10-19(3)4)17-9-7-13-18-11-12(2)20-13;/h11H,5-10H2,1-4H3,(H2,15,16,17);1H. The van der Waals surface area contributed by atoms with Crippen LogP contribution in [-0.2, 0) is 6.42 Å². The number of halogens is 1. The monoisotopic (exact) mass is 425 g/mol. The van der Waals surface area contributed by atoms with Gasteiger partial charge < -0.3 is 15.5 Å². The highest BCUT2D eigenvalue weighted by molar-refractivity contribution is 14.0. The molecule has 0 amide bonds. The number of aromatic nitrogens is 1. The lowest BCUT2D eigenvalue weighted by Gasteiger charge is -2.11. The van der Waals surface area contributed by atoms with Crippen molar-refractivity contribution in [2.24, 2.45) is 4.99 Å². The first kappa shape index (κ1) is 20.6. The molecular weight excluding hydrogens is 397 g/mol. The van der Waals surface area contributed by atoms with Gasteiger partial charge in [0.15, 0.2) is 5.96 Å². The quantitative estimate of drug-likeness (QED) is 0.290. The molecule has 0 bridgehead atoms. The molecule has 1 heterocycles. The Balaban J connectivity index is 0.00000400. The van der Waals surface area contributed by atoms with Crippen molar-refractivity contribution < 1.29 is 0 Å². The Labute approximate surface area is 149 Å². The van der Waals surface area contributed by atoms with E-state index in [1.165, 1.54) is 9.88 Å². The number of hydrogen-bond donors (Lipinski definition) is 2. The van der Waals surface area contributed by atoms with Gasteiger partial charge in [-0.15, -0.1) is 35.3 Å². The van der Waals surface area contributed by atoms with Crippen molar-refractivity contribution in [3.63, 3.8) is 0 Å². The number of guanidine groups is 1. The maximum absolute atomic E-state index is 4.57. The minimum Gasteiger partial charge on any atom is -0.357 e. The summed E-state index contributed by atoms with van der Waals surface area (Å²) in [7, 11) is 4.17. The molecule has 0 aliphatic heterocycles. The van der Waals surface area contributed by atoms with Gasteiger partial charge in [-0.25, -0.2) is 4.98 Å². The van der Waals surface area contributed by atoms with Crippen molar-refractivity contribution in [1.29, 1.82) is 0 Å². The van der Waals surface area contributed by atoms with Gasteiger partial charge in [0.05, 0.1) is 5.01 Å². The van der Waals surface area contributed by atoms with E-state index in [-0.39, 0.29) is 24.0 Å². The van der Waals surface area contributed by atoms with Crippen LogP contribution in [0.25, 0.3) is 0 Å². The lowest BCUT2D eigenvalue weighted by Crippen LogP contribution is -2.38. The zero-order valence-electron chi connectivity index (χ0n) is 13.5. The van der Waals surface area contributed by atoms with Gasteiger partial charge >= 0.3 is 0 Å². The average molecular weight is 425 g/mol. The largest absolute Gasteiger partial charge is 0.357 e. The molecule has 2 N–H and O–H groups in total. The summed E-state index contributed by atoms with van der Waals surface area (Å²) >= 11 is 1.76. The third kappa shape index (κ3) is 10.0. The number of rotatable bonds is 8. The zero-order chi connectivity index (χ0) is 14.8. The van der Waals surface area contributed by atoms with E-state index in [4.69, 9.17) is 0 Å². The Morgan fingerprint density at radius 1 is 1.38 bits per heavy atom. The highest BCUT2D eigenvalue weighted by Gasteiger charge is 2.00. The normalized spacial score (nSPS) is 11.4. The van der Waals surface area contributed by atoms with Crippen LogP contribution in [0.2, 0.25) is 0 Å². The molecule has 0 aliphatic rings. The predicted molar refractivity (Wildman–Crippen MR) is 103 cm³/mol. The van der Waals surface area contributed by atoms with Crippen LogP contribution in [0.1, 0.15) is 23.2 Å². The number of thiazole rings is 1. The predicted octanol–water partition coefficient (Wildman–Crippen LogP) is 2.12. The molecule has 0 aliphatic carbocycles. The van der Waals surface area contributed by atoms with Gasteiger partial charge in [0.2, 0.25) is 0 Å². The van der Waals surface area contributed by atoms with Gasteiger partial charge in [-0.1, -0.05) is 0 Å². The molecule has 122 valence electrons. The molecule has 1 aromatic heterocycles. The molecule has 1 rings (SSSR count). The Morgan fingerprint density at radius 2 is 2.14 bits per heavy atom. The Bertz CT molecular complexity index is 406. The van der Waals surface area contributed by atoms with E-state index in [1.807, 2.05) is 6.20 Å². The highest BCUT2D eigenvalue weighted by atomic mass is 127. The lowest BCUT2D eigenvalue weighted by molar-refractivity contribution is 0.403. The third-order valence-corrected chi connectivity index (χ3v) is 3.65. The fraction of sp³-hybridized carbons (Fsp3) is 0.714. The molecule has 1 aromatic rings. The molecule has 0 aromatic carbocycles. The second-order valence-corrected chi connectivity index (χ2v) is 6.28. The van der Waals surface area contributed by atoms with Crippen LogP contribution in [-0.4, -0.2) is 56.1 Å². The number of hydrogen-bond acceptors (Lipinski definition) is 4. The first-order valence-corrected chi connectivity index (χ1v) is 8.01. The Hall–Kier alpha value is -0.410. The van der Waals surface area contributed by atoms with Crippen molar-refractivity contribution in [3.05, 3.63) is 16.1 Å². The second kappa shape index (κ2) is 12.2. The Morgan fingerprint density at radius 3 is 2.71 bits per heavy atom. The van der Waals surface area contributed by atoms with Crippen molar-refractivity contribution in [2.75, 3.05) is 40.3 Å². The van der Waals surface area contributed by atoms with Crippen LogP contribution in [0.3, 0.4) is 0 Å². The van der Waals surface area contributed by atoms with Gasteiger partial charge in [0, 0.05) is 37.1 Å². The molecular formula is C14H28IN5S. The van der Waals surface area contributed by atoms with E-state index >= 15 is 0 Å². The molecule has 0 spiro atoms. The number of aliphatic imine (C=N–C) groups is 1. The Kier molecular flexibility index (Phi) is 11.9. The average Bonchev–Trinajstić information content (AvgIpc) is 2.80. The van der Waals surface area contributed by atoms with E-state index in [1.54, 1.807) is 11.3 Å². The van der Waals surface area contributed by atoms with Crippen LogP contribution in [0.4, 0.5) is 0 Å². The summed E-state index contributed by atoms with van der Waals surface area (Å²) in [6.45, 7) is 7.85. The minimum absolute atomic E-state index is 0. The highest BCUT2D eigenvalue weighted by Crippen LogP contribution is 2.10. The second-order valence-electron chi connectivity index (χ2n) is 4.96. The van der Waals surface area contributed by atoms with E-state index in [9.17, 15) is 0 Å². The summed E-state index contributed by atoms with van der Waals surface area (Å²) in [4.78, 5) is 12.4. The topological polar surface area (TPSA) is 52.6 Å². The van der Waals surface area contributed by atoms with E-state index < -0.39 is 0 Å². The minimum atomic E-state index is 0. The fourth-order valence-corrected chi connectivity index (χ4v) is 2.51. The maximum atomic E-state index is 4.57. The van der Waals surface area contributed by atoms with E-state index in [0.717, 1.165) is 45.0 Å². The fourth-order valence-electron chi connectivity index (χ4n) is 1.72. The molecule has 0 unspecified atom stereocenters. The first-order chi connectivity index (χ1) is 9.61. The molecule has 0 radical (unpaired) electrons. The molecule has 0 atom stereocenters. The van der Waals surface area contributed by atoms with E-state index in [0.29, 0.717) is 0 Å². The van der Waals surface area contributed by atoms with Gasteiger partial charge in [0.1, 0.15) is 0 Å². The van der Waals surface area contributed by atoms with Gasteiger partial charge in [0.25, 0.3) is 0 Å². The first-order valence-electron chi connectivity index (χ1n) is 7.20. The summed E-state index contributed by atoms with van der Waals surface area (Å²) in [5.41, 5.74) is 0. The maximum Gasteiger partial charge on any atom is 0.191 e. The van der Waals surface area contributed by atoms with Gasteiger partial charge in [-0.2, -0.15) is 0 Å². The molecule has 0 saturated carbocycles. The smallest absolute Gasteiger partial charge is 0.191 e. The zero-order valence-corrected chi connectivity index (χ0v) is 16.6. The summed E-state index contributed by atoms with van der Waals surface area (Å²) in [5, 5.41) is 7.81. The van der Waals surface area contributed by atoms with Crippen LogP contribution in [0, 0.1) is 6.92 Å². The molecule has 5 nitrogen and oxygen atoms in total. The third-order valence-electron chi connectivity index (χ3n) is 2.68. The van der Waals surface area contributed by atoms with E-state index in [2.05, 4.69) is 53.5 Å². The van der Waals surface area contributed by atoms with Crippen LogP contribution >= 0.6 is 35.3 Å². The molecule has 0 fully saturated rings. The molecule has 7 heteroatoms. The molecule has 21 heavy (non-hydrogen) atoms. The van der Waals surface area contributed by atoms with Crippen molar-refractivity contribution >= 4 is 41.3 Å². The van der Waals surface area contributed by atoms with Gasteiger partial charge in [-0.05, 0) is 40.9 Å². The SMILES string of the molecule is CCNC(=NCCCN(C)C)NCCc1ncc(C)s1.I. The number of nitrogens with one attached hydrogen (secondary N) is 2. The van der Waals surface area contributed by atoms with Crippen LogP contribution < -0.4 is 10.6 Å². The summed E-state index contributed by atoms with van der Waals surface area (Å²) in [6.07, 6.45) is 3.95. The van der Waals surface area contributed by atoms with Crippen LogP contribution in [0.5, 0.6) is 0 Å².